The van der Waals surface area contributed by atoms with E-state index in [9.17, 15) is 0 Å². The number of amidine groups is 1. The molecule has 0 aromatic carbocycles. The minimum atomic E-state index is 0.182. The molecule has 0 aromatic heterocycles. The van der Waals surface area contributed by atoms with Crippen molar-refractivity contribution in [3.05, 3.63) is 23.3 Å². The summed E-state index contributed by atoms with van der Waals surface area (Å²) in [7, 11) is 0. The van der Waals surface area contributed by atoms with Gasteiger partial charge in [0, 0.05) is 5.57 Å². The molecule has 2 nitrogen and oxygen atoms in total. The Bertz CT molecular complexity index is 199. The van der Waals surface area contributed by atoms with Crippen molar-refractivity contribution in [2.24, 2.45) is 5.73 Å². The van der Waals surface area contributed by atoms with Gasteiger partial charge in [-0.15, -0.1) is 0 Å². The van der Waals surface area contributed by atoms with Crippen LogP contribution >= 0.6 is 0 Å². The van der Waals surface area contributed by atoms with Crippen LogP contribution in [0.1, 0.15) is 13.3 Å². The van der Waals surface area contributed by atoms with Gasteiger partial charge in [-0.1, -0.05) is 12.2 Å². The molecule has 0 aromatic rings. The maximum Gasteiger partial charge on any atom is 0.122 e. The van der Waals surface area contributed by atoms with E-state index in [4.69, 9.17) is 11.1 Å². The van der Waals surface area contributed by atoms with Crippen molar-refractivity contribution >= 4 is 5.84 Å². The molecular formula is C7H10N2. The van der Waals surface area contributed by atoms with Gasteiger partial charge < -0.3 is 5.73 Å². The zero-order chi connectivity index (χ0) is 6.85. The highest BCUT2D eigenvalue weighted by atomic mass is 14.7. The summed E-state index contributed by atoms with van der Waals surface area (Å²) in [4.78, 5) is 0. The molecule has 0 spiro atoms. The van der Waals surface area contributed by atoms with Crippen LogP contribution in [0, 0.1) is 5.41 Å². The summed E-state index contributed by atoms with van der Waals surface area (Å²) >= 11 is 0. The van der Waals surface area contributed by atoms with Crippen LogP contribution in [0.5, 0.6) is 0 Å². The van der Waals surface area contributed by atoms with Crippen molar-refractivity contribution in [2.75, 3.05) is 0 Å². The summed E-state index contributed by atoms with van der Waals surface area (Å²) in [6.07, 6.45) is 4.97. The molecule has 3 N–H and O–H groups in total. The smallest absolute Gasteiger partial charge is 0.122 e. The summed E-state index contributed by atoms with van der Waals surface area (Å²) in [5.41, 5.74) is 7.29. The first-order valence-electron chi connectivity index (χ1n) is 2.93. The monoisotopic (exact) mass is 122 g/mol. The first kappa shape index (κ1) is 6.08. The van der Waals surface area contributed by atoms with Crippen LogP contribution in [-0.4, -0.2) is 5.84 Å². The van der Waals surface area contributed by atoms with Crippen molar-refractivity contribution in [3.63, 3.8) is 0 Å². The summed E-state index contributed by atoms with van der Waals surface area (Å²) in [5.74, 6) is 0.182. The van der Waals surface area contributed by atoms with Crippen molar-refractivity contribution in [3.8, 4) is 0 Å². The van der Waals surface area contributed by atoms with Crippen molar-refractivity contribution < 1.29 is 0 Å². The Kier molecular flexibility index (Phi) is 1.39. The van der Waals surface area contributed by atoms with Crippen LogP contribution in [0.2, 0.25) is 0 Å². The third kappa shape index (κ3) is 1.02. The molecule has 48 valence electrons. The van der Waals surface area contributed by atoms with E-state index in [0.29, 0.717) is 0 Å². The lowest BCUT2D eigenvalue weighted by Crippen LogP contribution is -2.12. The fourth-order valence-corrected chi connectivity index (χ4v) is 0.947. The van der Waals surface area contributed by atoms with E-state index in [1.165, 1.54) is 0 Å². The maximum atomic E-state index is 7.09. The summed E-state index contributed by atoms with van der Waals surface area (Å²) in [5, 5.41) is 7.09. The first-order valence-corrected chi connectivity index (χ1v) is 2.93. The topological polar surface area (TPSA) is 49.9 Å². The molecule has 0 saturated carbocycles. The molecule has 0 amide bonds. The van der Waals surface area contributed by atoms with Crippen LogP contribution in [0.25, 0.3) is 0 Å². The van der Waals surface area contributed by atoms with E-state index in [1.54, 1.807) is 0 Å². The normalized spacial score (nSPS) is 17.0. The Morgan fingerprint density at radius 2 is 2.33 bits per heavy atom. The average Bonchev–Trinajstić information content (AvgIpc) is 2.13. The molecule has 0 atom stereocenters. The fraction of sp³-hybridized carbons (Fsp3) is 0.286. The second-order valence-electron chi connectivity index (χ2n) is 2.15. The van der Waals surface area contributed by atoms with Gasteiger partial charge in [-0.05, 0) is 18.9 Å². The third-order valence-corrected chi connectivity index (χ3v) is 1.46. The van der Waals surface area contributed by atoms with Gasteiger partial charge in [-0.3, -0.25) is 5.41 Å². The standard InChI is InChI=1S/C7H10N2/c1-5-3-2-4-6(5)7(8)9/h3-4H,2H2,1H3,(H3,8,9). The quantitative estimate of drug-likeness (QED) is 0.398. The van der Waals surface area contributed by atoms with Gasteiger partial charge in [0.15, 0.2) is 0 Å². The third-order valence-electron chi connectivity index (χ3n) is 1.46. The van der Waals surface area contributed by atoms with Crippen molar-refractivity contribution in [1.82, 2.24) is 0 Å². The number of nitrogens with two attached hydrogens (primary N) is 1. The van der Waals surface area contributed by atoms with E-state index in [0.717, 1.165) is 17.6 Å². The van der Waals surface area contributed by atoms with Crippen molar-refractivity contribution in [1.29, 1.82) is 5.41 Å². The molecule has 9 heavy (non-hydrogen) atoms. The van der Waals surface area contributed by atoms with Crippen LogP contribution in [0.15, 0.2) is 23.3 Å². The molecule has 0 heterocycles. The van der Waals surface area contributed by atoms with Gasteiger partial charge in [-0.25, -0.2) is 0 Å². The molecule has 0 aliphatic heterocycles. The van der Waals surface area contributed by atoms with E-state index in [1.807, 2.05) is 13.0 Å². The van der Waals surface area contributed by atoms with Crippen molar-refractivity contribution in [2.45, 2.75) is 13.3 Å². The average molecular weight is 122 g/mol. The lowest BCUT2D eigenvalue weighted by Gasteiger charge is -1.97. The second-order valence-corrected chi connectivity index (χ2v) is 2.15. The summed E-state index contributed by atoms with van der Waals surface area (Å²) in [6, 6.07) is 0. The highest BCUT2D eigenvalue weighted by Gasteiger charge is 2.06. The molecule has 0 unspecified atom stereocenters. The predicted octanol–water partition coefficient (Wildman–Crippen LogP) is 1.20. The Labute approximate surface area is 54.6 Å². The largest absolute Gasteiger partial charge is 0.384 e. The number of hydrogen-bond acceptors (Lipinski definition) is 1. The lowest BCUT2D eigenvalue weighted by molar-refractivity contribution is 1.39. The Hall–Kier alpha value is -1.05. The van der Waals surface area contributed by atoms with Gasteiger partial charge in [0.25, 0.3) is 0 Å². The molecule has 0 bridgehead atoms. The molecule has 1 aliphatic rings. The minimum Gasteiger partial charge on any atom is -0.384 e. The molecule has 0 saturated heterocycles. The Balaban J connectivity index is 2.84. The number of nitrogens with one attached hydrogen (secondary N) is 1. The molecule has 1 rings (SSSR count). The summed E-state index contributed by atoms with van der Waals surface area (Å²) < 4.78 is 0. The van der Waals surface area contributed by atoms with E-state index in [-0.39, 0.29) is 5.84 Å². The van der Waals surface area contributed by atoms with Gasteiger partial charge in [0.2, 0.25) is 0 Å². The Morgan fingerprint density at radius 1 is 1.67 bits per heavy atom. The van der Waals surface area contributed by atoms with E-state index < -0.39 is 0 Å². The number of allylic oxidation sites excluding steroid dienone is 2. The maximum absolute atomic E-state index is 7.09. The molecule has 0 radical (unpaired) electrons. The van der Waals surface area contributed by atoms with Crippen LogP contribution in [-0.2, 0) is 0 Å². The van der Waals surface area contributed by atoms with Crippen LogP contribution in [0.3, 0.4) is 0 Å². The van der Waals surface area contributed by atoms with E-state index in [2.05, 4.69) is 6.08 Å². The van der Waals surface area contributed by atoms with Gasteiger partial charge in [0.1, 0.15) is 5.84 Å². The zero-order valence-corrected chi connectivity index (χ0v) is 5.44. The van der Waals surface area contributed by atoms with Crippen LogP contribution < -0.4 is 5.73 Å². The highest BCUT2D eigenvalue weighted by Crippen LogP contribution is 2.17. The highest BCUT2D eigenvalue weighted by molar-refractivity contribution is 5.99. The number of hydrogen-bond donors (Lipinski definition) is 2. The van der Waals surface area contributed by atoms with Crippen LogP contribution in [0.4, 0.5) is 0 Å². The zero-order valence-electron chi connectivity index (χ0n) is 5.44. The molecule has 1 aliphatic carbocycles. The minimum absolute atomic E-state index is 0.182. The van der Waals surface area contributed by atoms with Gasteiger partial charge in [-0.2, -0.15) is 0 Å². The molecule has 2 heteroatoms. The number of rotatable bonds is 1. The summed E-state index contributed by atoms with van der Waals surface area (Å²) in [6.45, 7) is 1.97. The van der Waals surface area contributed by atoms with Gasteiger partial charge >= 0.3 is 0 Å². The van der Waals surface area contributed by atoms with Gasteiger partial charge in [0.05, 0.1) is 0 Å². The van der Waals surface area contributed by atoms with E-state index >= 15 is 0 Å². The second kappa shape index (κ2) is 2.05. The SMILES string of the molecule is CC1=CCC=C1C(=N)N. The molecular weight excluding hydrogens is 112 g/mol. The lowest BCUT2D eigenvalue weighted by atomic mass is 10.1. The Morgan fingerprint density at radius 3 is 2.56 bits per heavy atom. The fourth-order valence-electron chi connectivity index (χ4n) is 0.947. The predicted molar refractivity (Wildman–Crippen MR) is 38.4 cm³/mol. The first-order chi connectivity index (χ1) is 4.22. The molecule has 0 fully saturated rings.